The Morgan fingerprint density at radius 1 is 0.971 bits per heavy atom. The van der Waals surface area contributed by atoms with Crippen LogP contribution < -0.4 is 4.74 Å². The van der Waals surface area contributed by atoms with Gasteiger partial charge in [0.1, 0.15) is 17.3 Å². The Morgan fingerprint density at radius 2 is 1.56 bits per heavy atom. The monoisotopic (exact) mass is 482 g/mol. The van der Waals surface area contributed by atoms with Gasteiger partial charge >= 0.3 is 0 Å². The molecule has 1 heterocycles. The molecule has 0 aromatic heterocycles. The zero-order chi connectivity index (χ0) is 24.3. The van der Waals surface area contributed by atoms with Crippen molar-refractivity contribution < 1.29 is 27.1 Å². The lowest BCUT2D eigenvalue weighted by molar-refractivity contribution is -0.168. The van der Waals surface area contributed by atoms with Crippen LogP contribution >= 0.6 is 0 Å². The number of aryl methyl sites for hydroxylation is 1. The van der Waals surface area contributed by atoms with Crippen LogP contribution in [-0.2, 0) is 37.8 Å². The molecule has 3 aromatic carbocycles. The van der Waals surface area contributed by atoms with E-state index >= 15 is 0 Å². The van der Waals surface area contributed by atoms with Crippen LogP contribution in [0.2, 0.25) is 0 Å². The lowest BCUT2D eigenvalue weighted by Crippen LogP contribution is -2.51. The van der Waals surface area contributed by atoms with Gasteiger partial charge < -0.3 is 9.47 Å². The summed E-state index contributed by atoms with van der Waals surface area (Å²) in [6.07, 6.45) is 0.483. The van der Waals surface area contributed by atoms with Crippen LogP contribution in [0, 0.1) is 12.7 Å². The average molecular weight is 483 g/mol. The minimum absolute atomic E-state index is 0.0266. The van der Waals surface area contributed by atoms with Crippen molar-refractivity contribution in [2.75, 3.05) is 19.0 Å². The molecular formula is C27H27FO5S. The fourth-order valence-corrected chi connectivity index (χ4v) is 4.73. The molecule has 4 rings (SSSR count). The standard InChI is InChI=1S/C27H27FO5S/c1-3-34(30,31)25-12-7-21(8-13-25)15-23(29)14-20-5-10-24(11-6-20)33-27(17-32-18-27)22-9-4-19(2)26(28)16-22/h4-13,16H,3,14-15,17-18H2,1-2H3. The molecule has 0 atom stereocenters. The molecule has 1 fully saturated rings. The molecule has 0 radical (unpaired) electrons. The summed E-state index contributed by atoms with van der Waals surface area (Å²) in [6, 6.07) is 18.8. The minimum Gasteiger partial charge on any atom is -0.478 e. The first kappa shape index (κ1) is 24.1. The van der Waals surface area contributed by atoms with E-state index < -0.39 is 15.4 Å². The molecule has 3 aromatic rings. The van der Waals surface area contributed by atoms with Crippen molar-refractivity contribution in [3.8, 4) is 5.75 Å². The van der Waals surface area contributed by atoms with Crippen LogP contribution in [0.1, 0.15) is 29.2 Å². The number of hydrogen-bond donors (Lipinski definition) is 0. The van der Waals surface area contributed by atoms with E-state index in [0.717, 1.165) is 16.7 Å². The van der Waals surface area contributed by atoms with Gasteiger partial charge in [0.25, 0.3) is 0 Å². The molecule has 34 heavy (non-hydrogen) atoms. The predicted molar refractivity (Wildman–Crippen MR) is 127 cm³/mol. The van der Waals surface area contributed by atoms with Crippen LogP contribution in [0.25, 0.3) is 0 Å². The summed E-state index contributed by atoms with van der Waals surface area (Å²) in [7, 11) is -3.25. The SMILES string of the molecule is CCS(=O)(=O)c1ccc(CC(=O)Cc2ccc(OC3(c4ccc(C)c(F)c4)COC3)cc2)cc1. The first-order valence-corrected chi connectivity index (χ1v) is 12.8. The summed E-state index contributed by atoms with van der Waals surface area (Å²) in [4.78, 5) is 12.8. The number of carbonyl (C=O) groups is 1. The number of carbonyl (C=O) groups excluding carboxylic acids is 1. The molecular weight excluding hydrogens is 455 g/mol. The van der Waals surface area contributed by atoms with Crippen LogP contribution in [0.15, 0.2) is 71.6 Å². The maximum Gasteiger partial charge on any atom is 0.180 e. The highest BCUT2D eigenvalue weighted by Gasteiger charge is 2.43. The molecule has 0 N–H and O–H groups in total. The second-order valence-corrected chi connectivity index (χ2v) is 10.9. The van der Waals surface area contributed by atoms with Crippen LogP contribution in [0.3, 0.4) is 0 Å². The number of sulfone groups is 1. The Balaban J connectivity index is 1.38. The fraction of sp³-hybridized carbons (Fsp3) is 0.296. The van der Waals surface area contributed by atoms with E-state index in [-0.39, 0.29) is 35.1 Å². The maximum absolute atomic E-state index is 14.1. The topological polar surface area (TPSA) is 69.7 Å². The third-order valence-corrected chi connectivity index (χ3v) is 7.82. The molecule has 0 amide bonds. The molecule has 0 aliphatic carbocycles. The molecule has 1 aliphatic heterocycles. The first-order chi connectivity index (χ1) is 16.2. The Labute approximate surface area is 199 Å². The van der Waals surface area contributed by atoms with Crippen LogP contribution in [-0.4, -0.2) is 33.2 Å². The minimum atomic E-state index is -3.25. The molecule has 0 bridgehead atoms. The summed E-state index contributed by atoms with van der Waals surface area (Å²) in [6.45, 7) is 4.00. The van der Waals surface area contributed by atoms with Gasteiger partial charge in [0.05, 0.1) is 23.9 Å². The Hall–Kier alpha value is -3.03. The number of rotatable bonds is 9. The zero-order valence-corrected chi connectivity index (χ0v) is 20.0. The van der Waals surface area contributed by atoms with Gasteiger partial charge in [-0.15, -0.1) is 0 Å². The highest BCUT2D eigenvalue weighted by atomic mass is 32.2. The normalized spacial score (nSPS) is 14.9. The maximum atomic E-state index is 14.1. The lowest BCUT2D eigenvalue weighted by atomic mass is 9.90. The summed E-state index contributed by atoms with van der Waals surface area (Å²) < 4.78 is 49.5. The van der Waals surface area contributed by atoms with Crippen LogP contribution in [0.4, 0.5) is 4.39 Å². The molecule has 0 spiro atoms. The Kier molecular flexibility index (Phi) is 6.86. The number of Topliss-reactive ketones (excluding diaryl/α,β-unsaturated/α-hetero) is 1. The van der Waals surface area contributed by atoms with Gasteiger partial charge in [-0.2, -0.15) is 0 Å². The molecule has 0 saturated carbocycles. The molecule has 1 saturated heterocycles. The van der Waals surface area contributed by atoms with Crippen molar-refractivity contribution in [3.05, 3.63) is 94.8 Å². The van der Waals surface area contributed by atoms with Gasteiger partial charge in [-0.25, -0.2) is 12.8 Å². The summed E-state index contributed by atoms with van der Waals surface area (Å²) in [5.41, 5.74) is 2.22. The van der Waals surface area contributed by atoms with Crippen molar-refractivity contribution in [2.24, 2.45) is 0 Å². The van der Waals surface area contributed by atoms with Crippen molar-refractivity contribution in [1.29, 1.82) is 0 Å². The largest absolute Gasteiger partial charge is 0.478 e. The third-order valence-electron chi connectivity index (χ3n) is 6.07. The number of ketones is 1. The lowest BCUT2D eigenvalue weighted by Gasteiger charge is -2.41. The van der Waals surface area contributed by atoms with E-state index in [1.165, 1.54) is 6.07 Å². The highest BCUT2D eigenvalue weighted by molar-refractivity contribution is 7.91. The second kappa shape index (κ2) is 9.68. The highest BCUT2D eigenvalue weighted by Crippen LogP contribution is 2.36. The predicted octanol–water partition coefficient (Wildman–Crippen LogP) is 4.59. The van der Waals surface area contributed by atoms with Gasteiger partial charge in [-0.3, -0.25) is 4.79 Å². The second-order valence-electron chi connectivity index (χ2n) is 8.64. The van der Waals surface area contributed by atoms with Crippen molar-refractivity contribution >= 4 is 15.6 Å². The molecule has 7 heteroatoms. The zero-order valence-electron chi connectivity index (χ0n) is 19.2. The van der Waals surface area contributed by atoms with E-state index in [9.17, 15) is 17.6 Å². The van der Waals surface area contributed by atoms with E-state index in [1.54, 1.807) is 56.3 Å². The van der Waals surface area contributed by atoms with E-state index in [1.807, 2.05) is 18.2 Å². The number of ether oxygens (including phenoxy) is 2. The van der Waals surface area contributed by atoms with E-state index in [0.29, 0.717) is 24.5 Å². The van der Waals surface area contributed by atoms with Gasteiger partial charge in [0.15, 0.2) is 15.4 Å². The van der Waals surface area contributed by atoms with E-state index in [2.05, 4.69) is 0 Å². The van der Waals surface area contributed by atoms with Crippen molar-refractivity contribution in [1.82, 2.24) is 0 Å². The molecule has 5 nitrogen and oxygen atoms in total. The Bertz CT molecular complexity index is 1280. The third kappa shape index (κ3) is 5.21. The summed E-state index contributed by atoms with van der Waals surface area (Å²) in [5.74, 6) is 0.413. The number of hydrogen-bond acceptors (Lipinski definition) is 5. The quantitative estimate of drug-likeness (QED) is 0.446. The van der Waals surface area contributed by atoms with Gasteiger partial charge in [-0.05, 0) is 53.9 Å². The molecule has 0 unspecified atom stereocenters. The smallest absolute Gasteiger partial charge is 0.180 e. The van der Waals surface area contributed by atoms with Crippen molar-refractivity contribution in [2.45, 2.75) is 37.2 Å². The number of benzene rings is 3. The van der Waals surface area contributed by atoms with Gasteiger partial charge in [-0.1, -0.05) is 43.3 Å². The number of halogens is 1. The van der Waals surface area contributed by atoms with E-state index in [4.69, 9.17) is 9.47 Å². The first-order valence-electron chi connectivity index (χ1n) is 11.2. The fourth-order valence-electron chi connectivity index (χ4n) is 3.85. The van der Waals surface area contributed by atoms with Crippen molar-refractivity contribution in [3.63, 3.8) is 0 Å². The van der Waals surface area contributed by atoms with Gasteiger partial charge in [0.2, 0.25) is 0 Å². The van der Waals surface area contributed by atoms with Gasteiger partial charge in [0, 0.05) is 18.4 Å². The molecule has 178 valence electrons. The summed E-state index contributed by atoms with van der Waals surface area (Å²) in [5, 5.41) is 0. The summed E-state index contributed by atoms with van der Waals surface area (Å²) >= 11 is 0. The van der Waals surface area contributed by atoms with Crippen LogP contribution in [0.5, 0.6) is 5.75 Å². The average Bonchev–Trinajstić information content (AvgIpc) is 2.79. The molecule has 1 aliphatic rings. The Morgan fingerprint density at radius 3 is 2.06 bits per heavy atom.